The molecule has 0 N–H and O–H groups in total. The topological polar surface area (TPSA) is 63.7 Å². The average molecular weight is 323 g/mol. The van der Waals surface area contributed by atoms with E-state index in [0.29, 0.717) is 4.88 Å². The summed E-state index contributed by atoms with van der Waals surface area (Å²) in [5, 5.41) is 1.82. The van der Waals surface area contributed by atoms with E-state index >= 15 is 0 Å². The molecule has 0 radical (unpaired) electrons. The normalized spacial score (nSPS) is 15.2. The van der Waals surface area contributed by atoms with Gasteiger partial charge in [-0.25, -0.2) is 0 Å². The lowest BCUT2D eigenvalue weighted by molar-refractivity contribution is -0.152. The minimum Gasteiger partial charge on any atom is -0.456 e. The van der Waals surface area contributed by atoms with Crippen molar-refractivity contribution in [2.45, 2.75) is 38.5 Å². The number of thiophene rings is 1. The van der Waals surface area contributed by atoms with Crippen LogP contribution in [0.2, 0.25) is 0 Å². The fourth-order valence-electron chi connectivity index (χ4n) is 2.40. The third-order valence-corrected chi connectivity index (χ3v) is 4.58. The molecule has 1 amide bonds. The van der Waals surface area contributed by atoms with E-state index in [0.717, 1.165) is 38.8 Å². The van der Waals surface area contributed by atoms with Crippen molar-refractivity contribution in [1.82, 2.24) is 4.90 Å². The molecule has 0 atom stereocenters. The van der Waals surface area contributed by atoms with E-state index in [9.17, 15) is 14.4 Å². The Kier molecular flexibility index (Phi) is 6.58. The zero-order valence-corrected chi connectivity index (χ0v) is 13.4. The largest absolute Gasteiger partial charge is 0.456 e. The summed E-state index contributed by atoms with van der Waals surface area (Å²) in [5.41, 5.74) is 0. The number of ether oxygens (including phenoxy) is 1. The molecule has 2 heterocycles. The van der Waals surface area contributed by atoms with Crippen LogP contribution in [-0.4, -0.2) is 42.3 Å². The van der Waals surface area contributed by atoms with E-state index in [1.54, 1.807) is 17.0 Å². The highest BCUT2D eigenvalue weighted by Gasteiger charge is 2.17. The van der Waals surface area contributed by atoms with Crippen LogP contribution in [0.3, 0.4) is 0 Å². The van der Waals surface area contributed by atoms with Crippen molar-refractivity contribution in [1.29, 1.82) is 0 Å². The molecule has 1 aromatic rings. The summed E-state index contributed by atoms with van der Waals surface area (Å²) in [6.07, 6.45) is 4.45. The number of carbonyl (C=O) groups excluding carboxylic acids is 3. The van der Waals surface area contributed by atoms with Gasteiger partial charge < -0.3 is 9.64 Å². The van der Waals surface area contributed by atoms with Gasteiger partial charge in [-0.1, -0.05) is 18.9 Å². The van der Waals surface area contributed by atoms with Crippen LogP contribution in [0.25, 0.3) is 0 Å². The van der Waals surface area contributed by atoms with Crippen LogP contribution < -0.4 is 0 Å². The van der Waals surface area contributed by atoms with Gasteiger partial charge in [0, 0.05) is 19.5 Å². The summed E-state index contributed by atoms with van der Waals surface area (Å²) in [5.74, 6) is -0.696. The molecule has 0 spiro atoms. The predicted molar refractivity (Wildman–Crippen MR) is 83.9 cm³/mol. The van der Waals surface area contributed by atoms with E-state index in [4.69, 9.17) is 4.74 Å². The molecule has 1 aliphatic rings. The molecule has 120 valence electrons. The number of amides is 1. The van der Waals surface area contributed by atoms with Crippen LogP contribution >= 0.6 is 11.3 Å². The molecule has 1 saturated heterocycles. The van der Waals surface area contributed by atoms with Gasteiger partial charge in [0.15, 0.2) is 12.4 Å². The number of likely N-dealkylation sites (tertiary alicyclic amines) is 1. The Balaban J connectivity index is 1.66. The van der Waals surface area contributed by atoms with Crippen LogP contribution in [0.4, 0.5) is 0 Å². The van der Waals surface area contributed by atoms with Gasteiger partial charge >= 0.3 is 5.97 Å². The van der Waals surface area contributed by atoms with Crippen molar-refractivity contribution in [3.05, 3.63) is 22.4 Å². The molecular formula is C16H21NO4S. The monoisotopic (exact) mass is 323 g/mol. The number of rotatable bonds is 6. The maximum absolute atomic E-state index is 12.0. The summed E-state index contributed by atoms with van der Waals surface area (Å²) in [6, 6.07) is 3.54. The van der Waals surface area contributed by atoms with Crippen molar-refractivity contribution in [3.63, 3.8) is 0 Å². The van der Waals surface area contributed by atoms with Crippen LogP contribution in [0.1, 0.15) is 48.2 Å². The first-order valence-corrected chi connectivity index (χ1v) is 8.55. The van der Waals surface area contributed by atoms with Gasteiger partial charge in [-0.3, -0.25) is 14.4 Å². The SMILES string of the molecule is O=C(CCC(=O)c1cccs1)OCC(=O)N1CCCCCC1. The number of ketones is 1. The van der Waals surface area contributed by atoms with E-state index in [-0.39, 0.29) is 31.1 Å². The number of esters is 1. The van der Waals surface area contributed by atoms with Gasteiger partial charge in [0.25, 0.3) is 5.91 Å². The Bertz CT molecular complexity index is 504. The summed E-state index contributed by atoms with van der Waals surface area (Å²) in [6.45, 7) is 1.27. The second-order valence-corrected chi connectivity index (χ2v) is 6.30. The Hall–Kier alpha value is -1.69. The van der Waals surface area contributed by atoms with E-state index < -0.39 is 5.97 Å². The Morgan fingerprint density at radius 1 is 1.09 bits per heavy atom. The molecule has 1 fully saturated rings. The minimum atomic E-state index is -0.493. The van der Waals surface area contributed by atoms with Gasteiger partial charge in [-0.05, 0) is 24.3 Å². The molecular weight excluding hydrogens is 302 g/mol. The second-order valence-electron chi connectivity index (χ2n) is 5.36. The maximum atomic E-state index is 12.0. The van der Waals surface area contributed by atoms with Crippen molar-refractivity contribution in [2.75, 3.05) is 19.7 Å². The molecule has 0 bridgehead atoms. The van der Waals surface area contributed by atoms with Crippen molar-refractivity contribution in [2.24, 2.45) is 0 Å². The standard InChI is InChI=1S/C16H21NO4S/c18-13(14-6-5-11-22-14)7-8-16(20)21-12-15(19)17-9-3-1-2-4-10-17/h5-6,11H,1-4,7-10,12H2. The quantitative estimate of drug-likeness (QED) is 0.596. The molecule has 22 heavy (non-hydrogen) atoms. The number of carbonyl (C=O) groups is 3. The molecule has 0 aliphatic carbocycles. The number of hydrogen-bond donors (Lipinski definition) is 0. The van der Waals surface area contributed by atoms with Crippen LogP contribution in [0.15, 0.2) is 17.5 Å². The summed E-state index contributed by atoms with van der Waals surface area (Å²) in [4.78, 5) is 37.8. The molecule has 6 heteroatoms. The van der Waals surface area contributed by atoms with Crippen molar-refractivity contribution in [3.8, 4) is 0 Å². The van der Waals surface area contributed by atoms with Gasteiger partial charge in [-0.15, -0.1) is 11.3 Å². The van der Waals surface area contributed by atoms with E-state index in [1.165, 1.54) is 11.3 Å². The van der Waals surface area contributed by atoms with Crippen LogP contribution in [0.5, 0.6) is 0 Å². The van der Waals surface area contributed by atoms with Gasteiger partial charge in [0.05, 0.1) is 11.3 Å². The third kappa shape index (κ3) is 5.26. The minimum absolute atomic E-state index is 0.0179. The van der Waals surface area contributed by atoms with Crippen LogP contribution in [-0.2, 0) is 14.3 Å². The highest BCUT2D eigenvalue weighted by Crippen LogP contribution is 2.13. The van der Waals surface area contributed by atoms with E-state index in [1.807, 2.05) is 5.38 Å². The molecule has 0 saturated carbocycles. The number of Topliss-reactive ketones (excluding diaryl/α,β-unsaturated/α-hetero) is 1. The zero-order chi connectivity index (χ0) is 15.8. The molecule has 1 aromatic heterocycles. The second kappa shape index (κ2) is 8.68. The zero-order valence-electron chi connectivity index (χ0n) is 12.6. The number of hydrogen-bond acceptors (Lipinski definition) is 5. The summed E-state index contributed by atoms with van der Waals surface area (Å²) >= 11 is 1.36. The summed E-state index contributed by atoms with van der Waals surface area (Å²) < 4.78 is 4.99. The van der Waals surface area contributed by atoms with E-state index in [2.05, 4.69) is 0 Å². The van der Waals surface area contributed by atoms with Crippen LogP contribution in [0, 0.1) is 0 Å². The Morgan fingerprint density at radius 2 is 1.82 bits per heavy atom. The van der Waals surface area contributed by atoms with Gasteiger partial charge in [0.2, 0.25) is 0 Å². The molecule has 5 nitrogen and oxygen atoms in total. The summed E-state index contributed by atoms with van der Waals surface area (Å²) in [7, 11) is 0. The maximum Gasteiger partial charge on any atom is 0.306 e. The first-order chi connectivity index (χ1) is 10.7. The van der Waals surface area contributed by atoms with Crippen molar-refractivity contribution >= 4 is 29.0 Å². The smallest absolute Gasteiger partial charge is 0.306 e. The molecule has 0 aromatic carbocycles. The predicted octanol–water partition coefficient (Wildman–Crippen LogP) is 2.66. The lowest BCUT2D eigenvalue weighted by atomic mass is 10.2. The first-order valence-electron chi connectivity index (χ1n) is 7.67. The van der Waals surface area contributed by atoms with Gasteiger partial charge in [-0.2, -0.15) is 0 Å². The van der Waals surface area contributed by atoms with Gasteiger partial charge in [0.1, 0.15) is 0 Å². The fraction of sp³-hybridized carbons (Fsp3) is 0.562. The Labute approximate surface area is 134 Å². The third-order valence-electron chi connectivity index (χ3n) is 3.67. The molecule has 2 rings (SSSR count). The molecule has 1 aliphatic heterocycles. The molecule has 0 unspecified atom stereocenters. The lowest BCUT2D eigenvalue weighted by Crippen LogP contribution is -2.35. The van der Waals surface area contributed by atoms with Crippen molar-refractivity contribution < 1.29 is 19.1 Å². The fourth-order valence-corrected chi connectivity index (χ4v) is 3.10. The highest BCUT2D eigenvalue weighted by molar-refractivity contribution is 7.12. The average Bonchev–Trinajstić information content (AvgIpc) is 2.92. The highest BCUT2D eigenvalue weighted by atomic mass is 32.1. The first kappa shape index (κ1) is 16.7. The lowest BCUT2D eigenvalue weighted by Gasteiger charge is -2.19. The Morgan fingerprint density at radius 3 is 2.45 bits per heavy atom. The number of nitrogens with zero attached hydrogens (tertiary/aromatic N) is 1.